The SMILES string of the molecule is COc1ncccc1-c1ccccc1Oc1cnc(OC(C)C)c(Cl)c1. The maximum Gasteiger partial charge on any atom is 0.233 e. The Bertz CT molecular complexity index is 900. The zero-order valence-corrected chi connectivity index (χ0v) is 15.5. The molecule has 0 amide bonds. The van der Waals surface area contributed by atoms with Gasteiger partial charge in [-0.15, -0.1) is 0 Å². The molecule has 3 aromatic rings. The molecular formula is C20H19ClN2O3. The molecule has 134 valence electrons. The number of halogens is 1. The Kier molecular flexibility index (Phi) is 5.58. The van der Waals surface area contributed by atoms with Crippen molar-refractivity contribution in [3.05, 3.63) is 59.9 Å². The summed E-state index contributed by atoms with van der Waals surface area (Å²) < 4.78 is 16.9. The van der Waals surface area contributed by atoms with E-state index in [1.807, 2.05) is 50.2 Å². The molecule has 0 bridgehead atoms. The lowest BCUT2D eigenvalue weighted by atomic mass is 10.1. The molecule has 1 aromatic carbocycles. The lowest BCUT2D eigenvalue weighted by Gasteiger charge is -2.14. The molecule has 2 heterocycles. The third-order valence-electron chi connectivity index (χ3n) is 3.50. The van der Waals surface area contributed by atoms with Gasteiger partial charge >= 0.3 is 0 Å². The lowest BCUT2D eigenvalue weighted by molar-refractivity contribution is 0.232. The molecule has 0 fully saturated rings. The van der Waals surface area contributed by atoms with E-state index in [1.165, 1.54) is 0 Å². The van der Waals surface area contributed by atoms with Gasteiger partial charge in [0.2, 0.25) is 11.8 Å². The second-order valence-electron chi connectivity index (χ2n) is 5.78. The fourth-order valence-electron chi connectivity index (χ4n) is 2.44. The van der Waals surface area contributed by atoms with Gasteiger partial charge in [-0.05, 0) is 32.0 Å². The predicted octanol–water partition coefficient (Wildman–Crippen LogP) is 5.39. The van der Waals surface area contributed by atoms with Crippen molar-refractivity contribution in [3.8, 4) is 34.4 Å². The van der Waals surface area contributed by atoms with Gasteiger partial charge in [0.1, 0.15) is 16.5 Å². The number of hydrogen-bond acceptors (Lipinski definition) is 5. The van der Waals surface area contributed by atoms with Crippen molar-refractivity contribution in [2.24, 2.45) is 0 Å². The van der Waals surface area contributed by atoms with Crippen LogP contribution in [0.4, 0.5) is 0 Å². The molecule has 6 heteroatoms. The zero-order valence-electron chi connectivity index (χ0n) is 14.8. The van der Waals surface area contributed by atoms with Crippen molar-refractivity contribution in [1.82, 2.24) is 9.97 Å². The highest BCUT2D eigenvalue weighted by molar-refractivity contribution is 6.31. The van der Waals surface area contributed by atoms with Crippen LogP contribution in [0.1, 0.15) is 13.8 Å². The topological polar surface area (TPSA) is 53.5 Å². The van der Waals surface area contributed by atoms with Gasteiger partial charge in [0.25, 0.3) is 0 Å². The van der Waals surface area contributed by atoms with Gasteiger partial charge in [-0.1, -0.05) is 29.8 Å². The van der Waals surface area contributed by atoms with E-state index in [1.54, 1.807) is 25.6 Å². The first kappa shape index (κ1) is 18.0. The Balaban J connectivity index is 1.93. The normalized spacial score (nSPS) is 10.7. The monoisotopic (exact) mass is 370 g/mol. The van der Waals surface area contributed by atoms with Gasteiger partial charge in [0, 0.05) is 23.4 Å². The fourth-order valence-corrected chi connectivity index (χ4v) is 2.64. The fraction of sp³-hybridized carbons (Fsp3) is 0.200. The lowest BCUT2D eigenvalue weighted by Crippen LogP contribution is -2.07. The van der Waals surface area contributed by atoms with Gasteiger partial charge in [0.05, 0.1) is 19.4 Å². The van der Waals surface area contributed by atoms with Crippen LogP contribution in [0.2, 0.25) is 5.02 Å². The number of ether oxygens (including phenoxy) is 3. The summed E-state index contributed by atoms with van der Waals surface area (Å²) in [6.45, 7) is 3.83. The number of rotatable bonds is 6. The molecular weight excluding hydrogens is 352 g/mol. The summed E-state index contributed by atoms with van der Waals surface area (Å²) in [5, 5.41) is 0.396. The minimum Gasteiger partial charge on any atom is -0.481 e. The highest BCUT2D eigenvalue weighted by Gasteiger charge is 2.14. The first-order valence-electron chi connectivity index (χ1n) is 8.17. The zero-order chi connectivity index (χ0) is 18.5. The summed E-state index contributed by atoms with van der Waals surface area (Å²) in [6, 6.07) is 13.1. The Labute approximate surface area is 157 Å². The van der Waals surface area contributed by atoms with E-state index in [-0.39, 0.29) is 6.10 Å². The van der Waals surface area contributed by atoms with Crippen molar-refractivity contribution >= 4 is 11.6 Å². The van der Waals surface area contributed by atoms with Crippen LogP contribution in [-0.4, -0.2) is 23.2 Å². The van der Waals surface area contributed by atoms with Crippen LogP contribution < -0.4 is 14.2 Å². The molecule has 26 heavy (non-hydrogen) atoms. The van der Waals surface area contributed by atoms with E-state index in [9.17, 15) is 0 Å². The van der Waals surface area contributed by atoms with Crippen LogP contribution >= 0.6 is 11.6 Å². The summed E-state index contributed by atoms with van der Waals surface area (Å²) in [6.07, 6.45) is 3.26. The molecule has 0 spiro atoms. The average Bonchev–Trinajstić information content (AvgIpc) is 2.64. The smallest absolute Gasteiger partial charge is 0.233 e. The molecule has 0 N–H and O–H groups in total. The molecule has 0 aliphatic heterocycles. The van der Waals surface area contributed by atoms with Gasteiger partial charge < -0.3 is 14.2 Å². The van der Waals surface area contributed by atoms with Crippen molar-refractivity contribution in [1.29, 1.82) is 0 Å². The highest BCUT2D eigenvalue weighted by atomic mass is 35.5. The van der Waals surface area contributed by atoms with E-state index in [0.717, 1.165) is 11.1 Å². The number of nitrogens with zero attached hydrogens (tertiary/aromatic N) is 2. The Morgan fingerprint density at radius 2 is 1.73 bits per heavy atom. The summed E-state index contributed by atoms with van der Waals surface area (Å²) in [5.74, 6) is 2.08. The molecule has 0 radical (unpaired) electrons. The van der Waals surface area contributed by atoms with E-state index in [0.29, 0.717) is 28.3 Å². The summed E-state index contributed by atoms with van der Waals surface area (Å²) in [5.41, 5.74) is 1.69. The molecule has 0 aliphatic rings. The average molecular weight is 371 g/mol. The van der Waals surface area contributed by atoms with Crippen LogP contribution in [0, 0.1) is 0 Å². The maximum atomic E-state index is 6.25. The third kappa shape index (κ3) is 4.06. The van der Waals surface area contributed by atoms with Crippen molar-refractivity contribution in [2.45, 2.75) is 20.0 Å². The van der Waals surface area contributed by atoms with E-state index >= 15 is 0 Å². The summed E-state index contributed by atoms with van der Waals surface area (Å²) in [4.78, 5) is 8.48. The molecule has 0 atom stereocenters. The Hall–Kier alpha value is -2.79. The van der Waals surface area contributed by atoms with Crippen LogP contribution in [-0.2, 0) is 0 Å². The second kappa shape index (κ2) is 8.06. The molecule has 0 aliphatic carbocycles. The number of para-hydroxylation sites is 1. The molecule has 3 rings (SSSR count). The van der Waals surface area contributed by atoms with Crippen molar-refractivity contribution in [3.63, 3.8) is 0 Å². The number of hydrogen-bond donors (Lipinski definition) is 0. The second-order valence-corrected chi connectivity index (χ2v) is 6.19. The Morgan fingerprint density at radius 3 is 2.46 bits per heavy atom. The van der Waals surface area contributed by atoms with Crippen LogP contribution in [0.15, 0.2) is 54.9 Å². The minimum atomic E-state index is -0.00876. The van der Waals surface area contributed by atoms with E-state index in [4.69, 9.17) is 25.8 Å². The highest BCUT2D eigenvalue weighted by Crippen LogP contribution is 2.38. The maximum absolute atomic E-state index is 6.25. The summed E-state index contributed by atoms with van der Waals surface area (Å²) >= 11 is 6.25. The number of aromatic nitrogens is 2. The molecule has 2 aromatic heterocycles. The molecule has 0 saturated heterocycles. The minimum absolute atomic E-state index is 0.00876. The quantitative estimate of drug-likeness (QED) is 0.582. The van der Waals surface area contributed by atoms with Gasteiger partial charge in [0.15, 0.2) is 0 Å². The number of benzene rings is 1. The van der Waals surface area contributed by atoms with Gasteiger partial charge in [-0.2, -0.15) is 0 Å². The number of methoxy groups -OCH3 is 1. The number of pyridine rings is 2. The third-order valence-corrected chi connectivity index (χ3v) is 3.77. The predicted molar refractivity (Wildman–Crippen MR) is 101 cm³/mol. The van der Waals surface area contributed by atoms with E-state index < -0.39 is 0 Å². The first-order chi connectivity index (χ1) is 12.6. The molecule has 5 nitrogen and oxygen atoms in total. The van der Waals surface area contributed by atoms with Crippen molar-refractivity contribution in [2.75, 3.05) is 7.11 Å². The van der Waals surface area contributed by atoms with Crippen molar-refractivity contribution < 1.29 is 14.2 Å². The van der Waals surface area contributed by atoms with Crippen LogP contribution in [0.5, 0.6) is 23.3 Å². The first-order valence-corrected chi connectivity index (χ1v) is 8.54. The van der Waals surface area contributed by atoms with E-state index in [2.05, 4.69) is 9.97 Å². The van der Waals surface area contributed by atoms with Gasteiger partial charge in [-0.25, -0.2) is 9.97 Å². The van der Waals surface area contributed by atoms with Gasteiger partial charge in [-0.3, -0.25) is 0 Å². The van der Waals surface area contributed by atoms with Crippen LogP contribution in [0.25, 0.3) is 11.1 Å². The largest absolute Gasteiger partial charge is 0.481 e. The summed E-state index contributed by atoms with van der Waals surface area (Å²) in [7, 11) is 1.59. The Morgan fingerprint density at radius 1 is 0.962 bits per heavy atom. The van der Waals surface area contributed by atoms with Crippen LogP contribution in [0.3, 0.4) is 0 Å². The molecule has 0 unspecified atom stereocenters. The standard InChI is InChI=1S/C20H19ClN2O3/c1-13(2)25-20-17(21)11-14(12-23-20)26-18-9-5-4-7-15(18)16-8-6-10-22-19(16)24-3/h4-13H,1-3H3. The molecule has 0 saturated carbocycles.